The molecule has 2 aromatic rings. The van der Waals surface area contributed by atoms with E-state index in [2.05, 4.69) is 6.92 Å². The number of para-hydroxylation sites is 1. The molecule has 0 aliphatic heterocycles. The standard InChI is InChI=1S/C15H19NO4S/c1-2-3-4-7-10-19-15(18)20-11-16-12-8-5-6-9-13(12)21-14(16)17/h5-6,8-9H,2-4,7,10-11H2,1H3. The quantitative estimate of drug-likeness (QED) is 0.577. The molecule has 0 saturated carbocycles. The summed E-state index contributed by atoms with van der Waals surface area (Å²) in [7, 11) is 0. The van der Waals surface area contributed by atoms with Gasteiger partial charge in [-0.3, -0.25) is 9.36 Å². The lowest BCUT2D eigenvalue weighted by atomic mass is 10.2. The predicted octanol–water partition coefficient (Wildman–Crippen LogP) is 3.75. The molecule has 2 rings (SSSR count). The second-order valence-electron chi connectivity index (χ2n) is 4.70. The molecule has 0 amide bonds. The Balaban J connectivity index is 1.83. The second kappa shape index (κ2) is 7.83. The lowest BCUT2D eigenvalue weighted by molar-refractivity contribution is 0.0335. The van der Waals surface area contributed by atoms with E-state index in [1.165, 1.54) is 4.57 Å². The predicted molar refractivity (Wildman–Crippen MR) is 82.7 cm³/mol. The molecule has 1 aromatic carbocycles. The van der Waals surface area contributed by atoms with Gasteiger partial charge in [-0.25, -0.2) is 4.79 Å². The van der Waals surface area contributed by atoms with Crippen LogP contribution in [0.3, 0.4) is 0 Å². The molecule has 0 unspecified atom stereocenters. The maximum absolute atomic E-state index is 11.8. The minimum atomic E-state index is -0.728. The van der Waals surface area contributed by atoms with E-state index >= 15 is 0 Å². The molecular formula is C15H19NO4S. The highest BCUT2D eigenvalue weighted by atomic mass is 32.1. The van der Waals surface area contributed by atoms with Crippen LogP contribution in [-0.2, 0) is 16.2 Å². The minimum Gasteiger partial charge on any atom is -0.434 e. The third kappa shape index (κ3) is 4.32. The van der Waals surface area contributed by atoms with Gasteiger partial charge in [0, 0.05) is 0 Å². The van der Waals surface area contributed by atoms with Crippen LogP contribution in [0.2, 0.25) is 0 Å². The smallest absolute Gasteiger partial charge is 0.434 e. The van der Waals surface area contributed by atoms with Gasteiger partial charge in [-0.2, -0.15) is 0 Å². The maximum atomic E-state index is 11.8. The maximum Gasteiger partial charge on any atom is 0.510 e. The monoisotopic (exact) mass is 309 g/mol. The molecule has 114 valence electrons. The Morgan fingerprint density at radius 2 is 2.00 bits per heavy atom. The van der Waals surface area contributed by atoms with Crippen molar-refractivity contribution in [2.24, 2.45) is 0 Å². The first-order valence-electron chi connectivity index (χ1n) is 7.10. The van der Waals surface area contributed by atoms with E-state index in [9.17, 15) is 9.59 Å². The van der Waals surface area contributed by atoms with Crippen LogP contribution < -0.4 is 4.87 Å². The van der Waals surface area contributed by atoms with Crippen LogP contribution in [0.15, 0.2) is 29.1 Å². The molecule has 5 nitrogen and oxygen atoms in total. The van der Waals surface area contributed by atoms with Gasteiger partial charge < -0.3 is 9.47 Å². The number of fused-ring (bicyclic) bond motifs is 1. The van der Waals surface area contributed by atoms with E-state index in [4.69, 9.17) is 9.47 Å². The topological polar surface area (TPSA) is 57.5 Å². The molecule has 0 bridgehead atoms. The van der Waals surface area contributed by atoms with Gasteiger partial charge in [-0.15, -0.1) is 0 Å². The summed E-state index contributed by atoms with van der Waals surface area (Å²) >= 11 is 1.13. The number of nitrogens with zero attached hydrogens (tertiary/aromatic N) is 1. The zero-order chi connectivity index (χ0) is 15.1. The molecule has 6 heteroatoms. The summed E-state index contributed by atoms with van der Waals surface area (Å²) in [6, 6.07) is 7.40. The van der Waals surface area contributed by atoms with Gasteiger partial charge in [0.2, 0.25) is 0 Å². The van der Waals surface area contributed by atoms with Crippen molar-refractivity contribution in [1.29, 1.82) is 0 Å². The largest absolute Gasteiger partial charge is 0.510 e. The fourth-order valence-electron chi connectivity index (χ4n) is 1.98. The van der Waals surface area contributed by atoms with Crippen molar-refractivity contribution in [1.82, 2.24) is 4.57 Å². The molecule has 0 aliphatic rings. The number of aromatic nitrogens is 1. The summed E-state index contributed by atoms with van der Waals surface area (Å²) in [4.78, 5) is 23.1. The van der Waals surface area contributed by atoms with Crippen molar-refractivity contribution in [3.05, 3.63) is 33.9 Å². The Bertz CT molecular complexity index is 646. The Kier molecular flexibility index (Phi) is 5.80. The fraction of sp³-hybridized carbons (Fsp3) is 0.467. The number of unbranched alkanes of at least 4 members (excludes halogenated alkanes) is 3. The van der Waals surface area contributed by atoms with Crippen molar-refractivity contribution in [2.45, 2.75) is 39.3 Å². The molecule has 0 N–H and O–H groups in total. The number of thiazole rings is 1. The molecule has 0 fully saturated rings. The lowest BCUT2D eigenvalue weighted by Gasteiger charge is -2.07. The Labute approximate surface area is 127 Å². The molecule has 0 aliphatic carbocycles. The number of rotatable bonds is 7. The SMILES string of the molecule is CCCCCCOC(=O)OCn1c(=O)sc2ccccc21. The van der Waals surface area contributed by atoms with E-state index in [1.807, 2.05) is 24.3 Å². The van der Waals surface area contributed by atoms with Crippen LogP contribution in [0.5, 0.6) is 0 Å². The molecule has 0 saturated heterocycles. The number of carbonyl (C=O) groups excluding carboxylic acids is 1. The lowest BCUT2D eigenvalue weighted by Crippen LogP contribution is -2.18. The summed E-state index contributed by atoms with van der Waals surface area (Å²) in [5.74, 6) is 0. The molecule has 1 aromatic heterocycles. The van der Waals surface area contributed by atoms with Crippen molar-refractivity contribution < 1.29 is 14.3 Å². The highest BCUT2D eigenvalue weighted by molar-refractivity contribution is 7.16. The number of benzene rings is 1. The normalized spacial score (nSPS) is 10.7. The number of hydrogen-bond acceptors (Lipinski definition) is 5. The second-order valence-corrected chi connectivity index (χ2v) is 5.69. The first-order valence-corrected chi connectivity index (χ1v) is 7.92. The van der Waals surface area contributed by atoms with Crippen molar-refractivity contribution in [3.8, 4) is 0 Å². The van der Waals surface area contributed by atoms with Gasteiger partial charge in [-0.1, -0.05) is 49.7 Å². The summed E-state index contributed by atoms with van der Waals surface area (Å²) in [6.07, 6.45) is 3.42. The summed E-state index contributed by atoms with van der Waals surface area (Å²) < 4.78 is 12.3. The molecule has 0 spiro atoms. The van der Waals surface area contributed by atoms with Crippen LogP contribution in [0.4, 0.5) is 4.79 Å². The fourth-order valence-corrected chi connectivity index (χ4v) is 2.86. The van der Waals surface area contributed by atoms with Gasteiger partial charge in [0.05, 0.1) is 16.8 Å². The third-order valence-corrected chi connectivity index (χ3v) is 4.06. The summed E-state index contributed by atoms with van der Waals surface area (Å²) in [5.41, 5.74) is 0.767. The Morgan fingerprint density at radius 3 is 2.81 bits per heavy atom. The minimum absolute atomic E-state index is 0.114. The molecule has 21 heavy (non-hydrogen) atoms. The zero-order valence-corrected chi connectivity index (χ0v) is 12.9. The van der Waals surface area contributed by atoms with Gasteiger partial charge in [0.15, 0.2) is 6.73 Å². The highest BCUT2D eigenvalue weighted by Gasteiger charge is 2.09. The zero-order valence-electron chi connectivity index (χ0n) is 12.0. The Morgan fingerprint density at radius 1 is 1.19 bits per heavy atom. The first kappa shape index (κ1) is 15.6. The van der Waals surface area contributed by atoms with Gasteiger partial charge in [0.25, 0.3) is 0 Å². The van der Waals surface area contributed by atoms with Crippen molar-refractivity contribution in [2.75, 3.05) is 6.61 Å². The molecule has 1 heterocycles. The van der Waals surface area contributed by atoms with Crippen LogP contribution in [-0.4, -0.2) is 17.3 Å². The number of hydrogen-bond donors (Lipinski definition) is 0. The van der Waals surface area contributed by atoms with E-state index < -0.39 is 6.16 Å². The Hall–Kier alpha value is -1.82. The van der Waals surface area contributed by atoms with Gasteiger partial charge in [-0.05, 0) is 18.6 Å². The van der Waals surface area contributed by atoms with Gasteiger partial charge in [0.1, 0.15) is 0 Å². The van der Waals surface area contributed by atoms with E-state index in [-0.39, 0.29) is 11.6 Å². The van der Waals surface area contributed by atoms with Crippen molar-refractivity contribution >= 4 is 27.7 Å². The highest BCUT2D eigenvalue weighted by Crippen LogP contribution is 2.16. The van der Waals surface area contributed by atoms with E-state index in [0.717, 1.165) is 47.2 Å². The molecular weight excluding hydrogens is 290 g/mol. The first-order chi connectivity index (χ1) is 10.2. The number of carbonyl (C=O) groups is 1. The summed E-state index contributed by atoms with van der Waals surface area (Å²) in [6.45, 7) is 2.37. The van der Waals surface area contributed by atoms with Gasteiger partial charge >= 0.3 is 11.0 Å². The van der Waals surface area contributed by atoms with E-state index in [1.54, 1.807) is 0 Å². The number of ether oxygens (including phenoxy) is 2. The molecule has 0 radical (unpaired) electrons. The van der Waals surface area contributed by atoms with Crippen molar-refractivity contribution in [3.63, 3.8) is 0 Å². The average Bonchev–Trinajstić information content (AvgIpc) is 2.80. The molecule has 0 atom stereocenters. The van der Waals surface area contributed by atoms with Crippen LogP contribution >= 0.6 is 11.3 Å². The van der Waals surface area contributed by atoms with Crippen LogP contribution in [0.25, 0.3) is 10.2 Å². The van der Waals surface area contributed by atoms with E-state index in [0.29, 0.717) is 6.61 Å². The summed E-state index contributed by atoms with van der Waals surface area (Å²) in [5, 5.41) is 0. The third-order valence-electron chi connectivity index (χ3n) is 3.10. The van der Waals surface area contributed by atoms with Crippen LogP contribution in [0, 0.1) is 0 Å². The average molecular weight is 309 g/mol. The van der Waals surface area contributed by atoms with Crippen LogP contribution in [0.1, 0.15) is 32.6 Å².